The molecule has 0 aliphatic carbocycles. The van der Waals surface area contributed by atoms with E-state index in [4.69, 9.17) is 0 Å². The van der Waals surface area contributed by atoms with Crippen LogP contribution in [0.2, 0.25) is 0 Å². The zero-order valence-corrected chi connectivity index (χ0v) is 12.0. The molecule has 0 radical (unpaired) electrons. The van der Waals surface area contributed by atoms with Gasteiger partial charge in [-0.05, 0) is 49.9 Å². The molecule has 1 N–H and O–H groups in total. The number of hydrogen-bond donors (Lipinski definition) is 1. The second kappa shape index (κ2) is 6.71. The molecule has 1 aromatic rings. The fourth-order valence-corrected chi connectivity index (χ4v) is 2.48. The summed E-state index contributed by atoms with van der Waals surface area (Å²) in [5.41, 5.74) is 2.43. The normalized spacial score (nSPS) is 17.4. The Balaban J connectivity index is 1.74. The van der Waals surface area contributed by atoms with Gasteiger partial charge in [-0.3, -0.25) is 9.69 Å². The second-order valence-corrected chi connectivity index (χ2v) is 5.66. The first kappa shape index (κ1) is 14.1. The van der Waals surface area contributed by atoms with E-state index in [1.165, 1.54) is 24.0 Å². The van der Waals surface area contributed by atoms with E-state index in [2.05, 4.69) is 36.2 Å². The van der Waals surface area contributed by atoms with Gasteiger partial charge in [0.2, 0.25) is 5.91 Å². The van der Waals surface area contributed by atoms with Crippen LogP contribution in [0.4, 0.5) is 0 Å². The van der Waals surface area contributed by atoms with Crippen molar-refractivity contribution < 1.29 is 4.79 Å². The maximum Gasteiger partial charge on any atom is 0.234 e. The number of benzene rings is 1. The first-order valence-electron chi connectivity index (χ1n) is 7.18. The molecule has 1 aliphatic rings. The summed E-state index contributed by atoms with van der Waals surface area (Å²) in [6, 6.07) is 8.18. The van der Waals surface area contributed by atoms with Crippen LogP contribution in [0, 0.1) is 12.8 Å². The van der Waals surface area contributed by atoms with Crippen molar-refractivity contribution in [3.8, 4) is 0 Å². The maximum atomic E-state index is 11.9. The topological polar surface area (TPSA) is 32.3 Å². The number of carbonyl (C=O) groups excluding carboxylic acids is 1. The van der Waals surface area contributed by atoms with E-state index in [0.717, 1.165) is 19.0 Å². The van der Waals surface area contributed by atoms with Crippen molar-refractivity contribution in [2.45, 2.75) is 33.2 Å². The number of nitrogens with zero attached hydrogens (tertiary/aromatic N) is 1. The lowest BCUT2D eigenvalue weighted by Gasteiger charge is -2.29. The smallest absolute Gasteiger partial charge is 0.234 e. The predicted molar refractivity (Wildman–Crippen MR) is 77.9 cm³/mol. The third-order valence-electron chi connectivity index (χ3n) is 3.98. The van der Waals surface area contributed by atoms with Gasteiger partial charge in [0.1, 0.15) is 0 Å². The minimum atomic E-state index is 0.137. The van der Waals surface area contributed by atoms with Crippen molar-refractivity contribution in [2.75, 3.05) is 19.6 Å². The van der Waals surface area contributed by atoms with Crippen molar-refractivity contribution >= 4 is 5.91 Å². The molecule has 3 nitrogen and oxygen atoms in total. The monoisotopic (exact) mass is 260 g/mol. The molecule has 1 aromatic carbocycles. The second-order valence-electron chi connectivity index (χ2n) is 5.66. The molecule has 0 bridgehead atoms. The first-order valence-corrected chi connectivity index (χ1v) is 7.18. The molecule has 0 unspecified atom stereocenters. The zero-order valence-electron chi connectivity index (χ0n) is 12.0. The lowest BCUT2D eigenvalue weighted by atomic mass is 9.99. The maximum absolute atomic E-state index is 11.9. The Bertz CT molecular complexity index is 423. The summed E-state index contributed by atoms with van der Waals surface area (Å²) >= 11 is 0. The van der Waals surface area contributed by atoms with Crippen LogP contribution in [-0.4, -0.2) is 30.4 Å². The fraction of sp³-hybridized carbons (Fsp3) is 0.562. The molecule has 1 aliphatic heterocycles. The molecule has 19 heavy (non-hydrogen) atoms. The number of aryl methyl sites for hydroxylation is 1. The van der Waals surface area contributed by atoms with Crippen molar-refractivity contribution in [2.24, 2.45) is 5.92 Å². The predicted octanol–water partition coefficient (Wildman–Crippen LogP) is 2.34. The van der Waals surface area contributed by atoms with Gasteiger partial charge < -0.3 is 5.32 Å². The molecule has 104 valence electrons. The highest BCUT2D eigenvalue weighted by molar-refractivity contribution is 5.78. The van der Waals surface area contributed by atoms with Crippen LogP contribution in [0.5, 0.6) is 0 Å². The third-order valence-corrected chi connectivity index (χ3v) is 3.98. The van der Waals surface area contributed by atoms with Gasteiger partial charge in [0.15, 0.2) is 0 Å². The van der Waals surface area contributed by atoms with Crippen LogP contribution in [-0.2, 0) is 11.3 Å². The lowest BCUT2D eigenvalue weighted by Crippen LogP contribution is -2.41. The van der Waals surface area contributed by atoms with E-state index in [-0.39, 0.29) is 5.91 Å². The van der Waals surface area contributed by atoms with Gasteiger partial charge in [-0.15, -0.1) is 0 Å². The largest absolute Gasteiger partial charge is 0.351 e. The minimum Gasteiger partial charge on any atom is -0.351 e. The van der Waals surface area contributed by atoms with Gasteiger partial charge in [0, 0.05) is 6.54 Å². The van der Waals surface area contributed by atoms with Gasteiger partial charge in [-0.25, -0.2) is 0 Å². The molecular formula is C16H24N2O. The van der Waals surface area contributed by atoms with Crippen molar-refractivity contribution in [3.63, 3.8) is 0 Å². The SMILES string of the molecule is Cc1ccccc1CNC(=O)CN1CCC(C)CC1. The standard InChI is InChI=1S/C16H24N2O/c1-13-7-9-18(10-8-13)12-16(19)17-11-15-6-4-3-5-14(15)2/h3-6,13H,7-12H2,1-2H3,(H,17,19). The minimum absolute atomic E-state index is 0.137. The van der Waals surface area contributed by atoms with E-state index in [9.17, 15) is 4.79 Å². The third kappa shape index (κ3) is 4.35. The van der Waals surface area contributed by atoms with Crippen molar-refractivity contribution in [1.82, 2.24) is 10.2 Å². The number of amides is 1. The summed E-state index contributed by atoms with van der Waals surface area (Å²) in [5.74, 6) is 0.948. The van der Waals surface area contributed by atoms with Crippen molar-refractivity contribution in [3.05, 3.63) is 35.4 Å². The number of piperidine rings is 1. The van der Waals surface area contributed by atoms with Gasteiger partial charge in [0.25, 0.3) is 0 Å². The highest BCUT2D eigenvalue weighted by atomic mass is 16.2. The van der Waals surface area contributed by atoms with Crippen LogP contribution < -0.4 is 5.32 Å². The molecular weight excluding hydrogens is 236 g/mol. The number of rotatable bonds is 4. The van der Waals surface area contributed by atoms with Crippen LogP contribution in [0.3, 0.4) is 0 Å². The number of nitrogens with one attached hydrogen (secondary N) is 1. The average molecular weight is 260 g/mol. The first-order chi connectivity index (χ1) is 9.15. The molecule has 0 aromatic heterocycles. The quantitative estimate of drug-likeness (QED) is 0.901. The molecule has 0 atom stereocenters. The molecule has 1 amide bonds. The molecule has 2 rings (SSSR count). The Morgan fingerprint density at radius 2 is 2.00 bits per heavy atom. The van der Waals surface area contributed by atoms with Crippen LogP contribution in [0.15, 0.2) is 24.3 Å². The van der Waals surface area contributed by atoms with E-state index in [1.807, 2.05) is 12.1 Å². The Morgan fingerprint density at radius 1 is 1.32 bits per heavy atom. The Morgan fingerprint density at radius 3 is 2.68 bits per heavy atom. The van der Waals surface area contributed by atoms with Gasteiger partial charge in [-0.2, -0.15) is 0 Å². The molecule has 1 fully saturated rings. The number of hydrogen-bond acceptors (Lipinski definition) is 2. The van der Waals surface area contributed by atoms with E-state index < -0.39 is 0 Å². The number of likely N-dealkylation sites (tertiary alicyclic amines) is 1. The van der Waals surface area contributed by atoms with Crippen LogP contribution in [0.1, 0.15) is 30.9 Å². The van der Waals surface area contributed by atoms with Crippen molar-refractivity contribution in [1.29, 1.82) is 0 Å². The Hall–Kier alpha value is -1.35. The summed E-state index contributed by atoms with van der Waals surface area (Å²) in [6.07, 6.45) is 2.43. The highest BCUT2D eigenvalue weighted by Gasteiger charge is 2.17. The number of carbonyl (C=O) groups is 1. The van der Waals surface area contributed by atoms with Gasteiger partial charge >= 0.3 is 0 Å². The lowest BCUT2D eigenvalue weighted by molar-refractivity contribution is -0.122. The molecule has 3 heteroatoms. The molecule has 1 heterocycles. The average Bonchev–Trinajstić information content (AvgIpc) is 2.40. The summed E-state index contributed by atoms with van der Waals surface area (Å²) in [6.45, 7) is 7.65. The summed E-state index contributed by atoms with van der Waals surface area (Å²) in [7, 11) is 0. The molecule has 0 saturated carbocycles. The van der Waals surface area contributed by atoms with E-state index in [0.29, 0.717) is 13.1 Å². The Labute approximate surface area is 116 Å². The highest BCUT2D eigenvalue weighted by Crippen LogP contribution is 2.15. The van der Waals surface area contributed by atoms with Gasteiger partial charge in [-0.1, -0.05) is 31.2 Å². The zero-order chi connectivity index (χ0) is 13.7. The summed E-state index contributed by atoms with van der Waals surface area (Å²) in [5, 5.41) is 3.02. The Kier molecular flexibility index (Phi) is 4.97. The molecule has 0 spiro atoms. The summed E-state index contributed by atoms with van der Waals surface area (Å²) in [4.78, 5) is 14.2. The van der Waals surface area contributed by atoms with E-state index in [1.54, 1.807) is 0 Å². The molecule has 1 saturated heterocycles. The van der Waals surface area contributed by atoms with Gasteiger partial charge in [0.05, 0.1) is 6.54 Å². The summed E-state index contributed by atoms with van der Waals surface area (Å²) < 4.78 is 0. The van der Waals surface area contributed by atoms with E-state index >= 15 is 0 Å². The van der Waals surface area contributed by atoms with Crippen LogP contribution >= 0.6 is 0 Å². The van der Waals surface area contributed by atoms with Crippen LogP contribution in [0.25, 0.3) is 0 Å². The fourth-order valence-electron chi connectivity index (χ4n) is 2.48.